The normalized spacial score (nSPS) is 28.5. The molecule has 18 heteroatoms. The lowest BCUT2D eigenvalue weighted by molar-refractivity contribution is -0.155. The van der Waals surface area contributed by atoms with Crippen LogP contribution in [-0.2, 0) is 48.7 Å². The van der Waals surface area contributed by atoms with Gasteiger partial charge >= 0.3 is 18.3 Å². The second-order valence-corrected chi connectivity index (χ2v) is 16.7. The maximum atomic E-state index is 14.0. The largest absolute Gasteiger partial charge is 0.444 e. The van der Waals surface area contributed by atoms with Crippen LogP contribution in [0.4, 0.5) is 22.8 Å². The molecule has 290 valence electrons. The molecule has 2 saturated carbocycles. The molecule has 0 radical (unpaired) electrons. The first kappa shape index (κ1) is 38.4. The summed E-state index contributed by atoms with van der Waals surface area (Å²) in [7, 11) is -2.59. The number of amides is 6. The molecular formula is C35H45F3N6O8S. The first-order valence-electron chi connectivity index (χ1n) is 18.0. The van der Waals surface area contributed by atoms with Crippen molar-refractivity contribution < 1.29 is 50.3 Å². The number of nitrogens with one attached hydrogen (secondary N) is 3. The highest BCUT2D eigenvalue weighted by Crippen LogP contribution is 2.45. The number of halogens is 3. The summed E-state index contributed by atoms with van der Waals surface area (Å²) in [6.07, 6.45) is -2.94. The van der Waals surface area contributed by atoms with Crippen molar-refractivity contribution in [3.8, 4) is 0 Å². The standard InChI is InChI=1S/C35H45F3N6O8S/c1-3-23-16-34(23,31(47)41-53(50,51)25-12-13-25)40-29(45)28-15-24-19-44(28)30(46)27(17-35(36,37)38)39-32(48)42(2)14-7-5-4-6-9-21-10-8-11-22-18-43(20-26(21)22)33(49)52-24/h3,8,10-11,23-25,27-28H,1,4-7,9,12-20H2,2H3,(H,39,48)(H,40,45)(H,41,47)/t23-,24-,27+,28+,34-/m1/s1. The Kier molecular flexibility index (Phi) is 10.7. The van der Waals surface area contributed by atoms with E-state index >= 15 is 0 Å². The van der Waals surface area contributed by atoms with Crippen LogP contribution in [0.15, 0.2) is 30.9 Å². The summed E-state index contributed by atoms with van der Waals surface area (Å²) < 4.78 is 74.7. The van der Waals surface area contributed by atoms with Crippen molar-refractivity contribution in [1.82, 2.24) is 30.1 Å². The van der Waals surface area contributed by atoms with Crippen LogP contribution in [0.3, 0.4) is 0 Å². The molecule has 0 unspecified atom stereocenters. The van der Waals surface area contributed by atoms with E-state index in [0.717, 1.165) is 47.3 Å². The van der Waals surface area contributed by atoms with E-state index in [-0.39, 0.29) is 32.5 Å². The fourth-order valence-corrected chi connectivity index (χ4v) is 8.84. The lowest BCUT2D eigenvalue weighted by Gasteiger charge is -2.31. The van der Waals surface area contributed by atoms with Gasteiger partial charge in [0, 0.05) is 39.0 Å². The summed E-state index contributed by atoms with van der Waals surface area (Å²) in [4.78, 5) is 71.5. The fourth-order valence-electron chi connectivity index (χ4n) is 7.48. The molecule has 0 aromatic heterocycles. The van der Waals surface area contributed by atoms with E-state index in [9.17, 15) is 45.6 Å². The summed E-state index contributed by atoms with van der Waals surface area (Å²) >= 11 is 0. The Labute approximate surface area is 305 Å². The summed E-state index contributed by atoms with van der Waals surface area (Å²) in [5.41, 5.74) is 1.34. The van der Waals surface area contributed by atoms with Gasteiger partial charge in [-0.15, -0.1) is 6.58 Å². The van der Waals surface area contributed by atoms with Gasteiger partial charge in [0.15, 0.2) is 0 Å². The van der Waals surface area contributed by atoms with Gasteiger partial charge in [-0.25, -0.2) is 18.0 Å². The minimum atomic E-state index is -4.90. The molecule has 5 atom stereocenters. The van der Waals surface area contributed by atoms with Crippen molar-refractivity contribution in [2.24, 2.45) is 5.92 Å². The number of alkyl halides is 3. The van der Waals surface area contributed by atoms with E-state index in [0.29, 0.717) is 19.3 Å². The number of benzene rings is 1. The van der Waals surface area contributed by atoms with Crippen molar-refractivity contribution in [1.29, 1.82) is 0 Å². The summed E-state index contributed by atoms with van der Waals surface area (Å²) in [5, 5.41) is 4.02. The van der Waals surface area contributed by atoms with Crippen LogP contribution >= 0.6 is 0 Å². The highest BCUT2D eigenvalue weighted by Gasteiger charge is 2.62. The smallest absolute Gasteiger partial charge is 0.410 e. The third-order valence-electron chi connectivity index (χ3n) is 10.8. The molecule has 1 aromatic carbocycles. The Morgan fingerprint density at radius 2 is 1.81 bits per heavy atom. The molecule has 14 nitrogen and oxygen atoms in total. The third-order valence-corrected chi connectivity index (χ3v) is 12.6. The third kappa shape index (κ3) is 8.57. The van der Waals surface area contributed by atoms with Gasteiger partial charge in [0.25, 0.3) is 5.91 Å². The average Bonchev–Trinajstić information content (AvgIpc) is 3.98. The summed E-state index contributed by atoms with van der Waals surface area (Å²) in [6, 6.07) is 1.29. The summed E-state index contributed by atoms with van der Waals surface area (Å²) in [5.74, 6) is -3.87. The average molecular weight is 767 g/mol. The predicted octanol–water partition coefficient (Wildman–Crippen LogP) is 2.86. The number of carbonyl (C=O) groups excluding carboxylic acids is 5. The van der Waals surface area contributed by atoms with Crippen LogP contribution in [-0.4, -0.2) is 108 Å². The monoisotopic (exact) mass is 766 g/mol. The SMILES string of the molecule is C=C[C@@H]1C[C@]1(NC(=O)[C@@H]1C[C@@H]2CN1C(=O)[C@H](CC(F)(F)F)NC(=O)N(C)CCCCCCc1cccc3c1CN(C3)C(=O)O2)C(=O)NS(=O)(=O)C1CC1. The first-order valence-corrected chi connectivity index (χ1v) is 19.5. The molecule has 3 heterocycles. The number of rotatable bonds is 7. The van der Waals surface area contributed by atoms with Gasteiger partial charge in [-0.1, -0.05) is 37.1 Å². The molecule has 5 aliphatic rings. The Morgan fingerprint density at radius 3 is 2.49 bits per heavy atom. The Morgan fingerprint density at radius 1 is 1.09 bits per heavy atom. The zero-order valence-electron chi connectivity index (χ0n) is 29.5. The summed E-state index contributed by atoms with van der Waals surface area (Å²) in [6.45, 7) is 3.95. The van der Waals surface area contributed by atoms with E-state index in [1.165, 1.54) is 22.9 Å². The van der Waals surface area contributed by atoms with Gasteiger partial charge < -0.3 is 25.2 Å². The zero-order chi connectivity index (χ0) is 38.3. The van der Waals surface area contributed by atoms with Crippen LogP contribution in [0.2, 0.25) is 0 Å². The van der Waals surface area contributed by atoms with Gasteiger partial charge in [0.05, 0.1) is 18.2 Å². The maximum absolute atomic E-state index is 14.0. The van der Waals surface area contributed by atoms with Gasteiger partial charge in [0.2, 0.25) is 21.8 Å². The number of aryl methyl sites for hydroxylation is 1. The second kappa shape index (κ2) is 14.8. The van der Waals surface area contributed by atoms with E-state index in [4.69, 9.17) is 4.74 Å². The van der Waals surface area contributed by atoms with E-state index in [1.54, 1.807) is 0 Å². The Balaban J connectivity index is 1.28. The Bertz CT molecular complexity index is 1770. The highest BCUT2D eigenvalue weighted by atomic mass is 32.2. The molecule has 0 spiro atoms. The van der Waals surface area contributed by atoms with Crippen LogP contribution in [0.5, 0.6) is 0 Å². The quantitative estimate of drug-likeness (QED) is 0.356. The number of hydrogen-bond donors (Lipinski definition) is 3. The van der Waals surface area contributed by atoms with E-state index < -0.39 is 93.9 Å². The zero-order valence-corrected chi connectivity index (χ0v) is 30.3. The second-order valence-electron chi connectivity index (χ2n) is 14.7. The number of hydrogen-bond acceptors (Lipinski definition) is 8. The molecule has 6 amide bonds. The van der Waals surface area contributed by atoms with Gasteiger partial charge in [-0.2, -0.15) is 13.2 Å². The number of nitrogens with zero attached hydrogens (tertiary/aromatic N) is 3. The van der Waals surface area contributed by atoms with Crippen LogP contribution in [0.25, 0.3) is 0 Å². The van der Waals surface area contributed by atoms with E-state index in [2.05, 4.69) is 17.2 Å². The number of urea groups is 1. The van der Waals surface area contributed by atoms with Crippen molar-refractivity contribution in [3.05, 3.63) is 47.5 Å². The predicted molar refractivity (Wildman–Crippen MR) is 183 cm³/mol. The molecule has 1 aromatic rings. The van der Waals surface area contributed by atoms with Gasteiger partial charge in [-0.3, -0.25) is 24.0 Å². The number of ether oxygens (including phenoxy) is 1. The van der Waals surface area contributed by atoms with Crippen LogP contribution in [0, 0.1) is 5.92 Å². The van der Waals surface area contributed by atoms with Crippen molar-refractivity contribution in [3.63, 3.8) is 0 Å². The molecule has 53 heavy (non-hydrogen) atoms. The minimum Gasteiger partial charge on any atom is -0.444 e. The van der Waals surface area contributed by atoms with Crippen molar-refractivity contribution in [2.45, 2.75) is 112 Å². The molecule has 6 rings (SSSR count). The number of sulfonamides is 1. The highest BCUT2D eigenvalue weighted by molar-refractivity contribution is 7.91. The molecule has 1 saturated heterocycles. The first-order chi connectivity index (χ1) is 25.0. The van der Waals surface area contributed by atoms with Gasteiger partial charge in [-0.05, 0) is 55.2 Å². The molecule has 2 aliphatic carbocycles. The topological polar surface area (TPSA) is 175 Å². The number of carbonyl (C=O) groups is 5. The van der Waals surface area contributed by atoms with Crippen LogP contribution < -0.4 is 15.4 Å². The fraction of sp³-hybridized carbons (Fsp3) is 0.629. The van der Waals surface area contributed by atoms with Crippen molar-refractivity contribution >= 4 is 39.9 Å². The maximum Gasteiger partial charge on any atom is 0.410 e. The van der Waals surface area contributed by atoms with E-state index in [1.807, 2.05) is 22.9 Å². The van der Waals surface area contributed by atoms with Crippen LogP contribution in [0.1, 0.15) is 74.5 Å². The molecule has 4 bridgehead atoms. The Hall–Kier alpha value is -4.35. The molecule has 3 fully saturated rings. The van der Waals surface area contributed by atoms with Crippen molar-refractivity contribution in [2.75, 3.05) is 20.1 Å². The molecule has 3 N–H and O–H groups in total. The lowest BCUT2D eigenvalue weighted by Crippen LogP contribution is -2.59. The number of fused-ring (bicyclic) bond motifs is 3. The minimum absolute atomic E-state index is 0.00998. The molecule has 3 aliphatic heterocycles. The molecular weight excluding hydrogens is 721 g/mol. The lowest BCUT2D eigenvalue weighted by atomic mass is 9.98. The van der Waals surface area contributed by atoms with Gasteiger partial charge in [0.1, 0.15) is 23.7 Å².